The number of para-hydroxylation sites is 1. The fourth-order valence-corrected chi connectivity index (χ4v) is 4.96. The first-order chi connectivity index (χ1) is 9.91. The predicted molar refractivity (Wildman–Crippen MR) is 88.3 cm³/mol. The molecule has 5 heteroatoms. The maximum atomic E-state index is 13.0. The second-order valence-corrected chi connectivity index (χ2v) is 8.01. The highest BCUT2D eigenvalue weighted by Gasteiger charge is 2.31. The molecule has 3 nitrogen and oxygen atoms in total. The number of sulfonamides is 1. The Bertz CT molecular complexity index is 815. The van der Waals surface area contributed by atoms with Gasteiger partial charge in [-0.05, 0) is 55.2 Å². The molecule has 0 unspecified atom stereocenters. The van der Waals surface area contributed by atoms with E-state index in [9.17, 15) is 8.42 Å². The number of nitrogens with zero attached hydrogens (tertiary/aromatic N) is 1. The van der Waals surface area contributed by atoms with Crippen LogP contribution in [-0.2, 0) is 16.4 Å². The maximum absolute atomic E-state index is 13.0. The normalized spacial score (nSPS) is 14.3. The molecule has 0 saturated carbocycles. The van der Waals surface area contributed by atoms with E-state index < -0.39 is 10.0 Å². The second kappa shape index (κ2) is 5.14. The molecular formula is C16H16BrNO2S. The van der Waals surface area contributed by atoms with E-state index in [0.29, 0.717) is 11.4 Å². The summed E-state index contributed by atoms with van der Waals surface area (Å²) >= 11 is 3.45. The number of rotatable bonds is 2. The molecule has 0 saturated heterocycles. The minimum atomic E-state index is -3.51. The lowest BCUT2D eigenvalue weighted by atomic mass is 10.2. The van der Waals surface area contributed by atoms with Crippen LogP contribution < -0.4 is 4.31 Å². The summed E-state index contributed by atoms with van der Waals surface area (Å²) in [6.07, 6.45) is 0.768. The van der Waals surface area contributed by atoms with Crippen molar-refractivity contribution in [3.8, 4) is 0 Å². The van der Waals surface area contributed by atoms with Crippen molar-refractivity contribution in [1.82, 2.24) is 0 Å². The largest absolute Gasteiger partial charge is 0.266 e. The van der Waals surface area contributed by atoms with Gasteiger partial charge < -0.3 is 0 Å². The molecule has 0 aliphatic carbocycles. The molecule has 0 spiro atoms. The number of hydrogen-bond donors (Lipinski definition) is 0. The Morgan fingerprint density at radius 1 is 1.10 bits per heavy atom. The lowest BCUT2D eigenvalue weighted by molar-refractivity contribution is 0.591. The minimum absolute atomic E-state index is 0.389. The van der Waals surface area contributed by atoms with E-state index in [1.165, 1.54) is 4.31 Å². The quantitative estimate of drug-likeness (QED) is 0.811. The van der Waals surface area contributed by atoms with Crippen LogP contribution in [-0.4, -0.2) is 15.0 Å². The fraction of sp³-hybridized carbons (Fsp3) is 0.250. The van der Waals surface area contributed by atoms with Crippen LogP contribution >= 0.6 is 15.9 Å². The van der Waals surface area contributed by atoms with Gasteiger partial charge in [-0.3, -0.25) is 4.31 Å². The number of hydrogen-bond acceptors (Lipinski definition) is 2. The van der Waals surface area contributed by atoms with E-state index in [-0.39, 0.29) is 0 Å². The van der Waals surface area contributed by atoms with Crippen molar-refractivity contribution in [3.05, 3.63) is 57.6 Å². The Balaban J connectivity index is 2.13. The SMILES string of the molecule is Cc1cc(S(=O)(=O)N2CCc3ccccc32)c(C)cc1Br. The van der Waals surface area contributed by atoms with E-state index in [0.717, 1.165) is 33.3 Å². The summed E-state index contributed by atoms with van der Waals surface area (Å²) in [5, 5.41) is 0. The Kier molecular flexibility index (Phi) is 3.58. The van der Waals surface area contributed by atoms with Crippen LogP contribution in [0.25, 0.3) is 0 Å². The van der Waals surface area contributed by atoms with E-state index in [1.54, 1.807) is 6.07 Å². The van der Waals surface area contributed by atoms with Crippen molar-refractivity contribution in [3.63, 3.8) is 0 Å². The molecule has 0 aromatic heterocycles. The summed E-state index contributed by atoms with van der Waals surface area (Å²) in [6, 6.07) is 11.3. The van der Waals surface area contributed by atoms with E-state index in [1.807, 2.05) is 44.2 Å². The standard InChI is InChI=1S/C16H16BrNO2S/c1-11-10-16(12(2)9-14(11)17)21(19,20)18-8-7-13-5-3-4-6-15(13)18/h3-6,9-10H,7-8H2,1-2H3. The first kappa shape index (κ1) is 14.6. The average molecular weight is 366 g/mol. The minimum Gasteiger partial charge on any atom is -0.266 e. The Labute approximate surface area is 133 Å². The van der Waals surface area contributed by atoms with Crippen LogP contribution in [0.4, 0.5) is 5.69 Å². The number of benzene rings is 2. The predicted octanol–water partition coefficient (Wildman–Crippen LogP) is 3.82. The first-order valence-corrected chi connectivity index (χ1v) is 9.02. The average Bonchev–Trinajstić information content (AvgIpc) is 2.87. The second-order valence-electron chi connectivity index (χ2n) is 5.32. The molecule has 110 valence electrons. The van der Waals surface area contributed by atoms with Gasteiger partial charge in [0.2, 0.25) is 0 Å². The summed E-state index contributed by atoms with van der Waals surface area (Å²) in [5.41, 5.74) is 3.58. The molecule has 1 aliphatic heterocycles. The van der Waals surface area contributed by atoms with E-state index >= 15 is 0 Å². The highest BCUT2D eigenvalue weighted by molar-refractivity contribution is 9.10. The topological polar surface area (TPSA) is 37.4 Å². The molecule has 1 heterocycles. The van der Waals surface area contributed by atoms with Crippen LogP contribution in [0.5, 0.6) is 0 Å². The first-order valence-electron chi connectivity index (χ1n) is 6.78. The van der Waals surface area contributed by atoms with Crippen molar-refractivity contribution in [1.29, 1.82) is 0 Å². The van der Waals surface area contributed by atoms with Gasteiger partial charge in [0.05, 0.1) is 10.6 Å². The van der Waals surface area contributed by atoms with Crippen LogP contribution in [0, 0.1) is 13.8 Å². The van der Waals surface area contributed by atoms with Gasteiger partial charge in [-0.2, -0.15) is 0 Å². The molecule has 21 heavy (non-hydrogen) atoms. The summed E-state index contributed by atoms with van der Waals surface area (Å²) in [5.74, 6) is 0. The van der Waals surface area contributed by atoms with E-state index in [2.05, 4.69) is 15.9 Å². The lowest BCUT2D eigenvalue weighted by Crippen LogP contribution is -2.29. The van der Waals surface area contributed by atoms with Crippen molar-refractivity contribution in [2.45, 2.75) is 25.2 Å². The molecule has 0 fully saturated rings. The molecule has 0 N–H and O–H groups in total. The van der Waals surface area contributed by atoms with Gasteiger partial charge in [0.25, 0.3) is 10.0 Å². The van der Waals surface area contributed by atoms with Crippen LogP contribution in [0.3, 0.4) is 0 Å². The van der Waals surface area contributed by atoms with Crippen molar-refractivity contribution in [2.24, 2.45) is 0 Å². The fourth-order valence-electron chi connectivity index (χ4n) is 2.71. The number of aryl methyl sites for hydroxylation is 2. The van der Waals surface area contributed by atoms with Crippen LogP contribution in [0.1, 0.15) is 16.7 Å². The van der Waals surface area contributed by atoms with Gasteiger partial charge in [-0.25, -0.2) is 8.42 Å². The third kappa shape index (κ3) is 2.38. The van der Waals surface area contributed by atoms with Crippen LogP contribution in [0.15, 0.2) is 45.8 Å². The summed E-state index contributed by atoms with van der Waals surface area (Å²) < 4.78 is 28.4. The smallest absolute Gasteiger partial charge is 0.264 e. The summed E-state index contributed by atoms with van der Waals surface area (Å²) in [7, 11) is -3.51. The molecule has 0 atom stereocenters. The monoisotopic (exact) mass is 365 g/mol. The number of fused-ring (bicyclic) bond motifs is 1. The summed E-state index contributed by atoms with van der Waals surface area (Å²) in [4.78, 5) is 0.389. The third-order valence-electron chi connectivity index (χ3n) is 3.87. The number of anilines is 1. The van der Waals surface area contributed by atoms with Crippen molar-refractivity contribution < 1.29 is 8.42 Å². The molecule has 3 rings (SSSR count). The zero-order valence-electron chi connectivity index (χ0n) is 11.9. The highest BCUT2D eigenvalue weighted by Crippen LogP contribution is 2.34. The molecule has 2 aromatic carbocycles. The molecule has 1 aliphatic rings. The highest BCUT2D eigenvalue weighted by atomic mass is 79.9. The maximum Gasteiger partial charge on any atom is 0.264 e. The number of halogens is 1. The molecule has 0 amide bonds. The Hall–Kier alpha value is -1.33. The molecule has 0 bridgehead atoms. The summed E-state index contributed by atoms with van der Waals surface area (Å²) in [6.45, 7) is 4.25. The Morgan fingerprint density at radius 2 is 1.81 bits per heavy atom. The lowest BCUT2D eigenvalue weighted by Gasteiger charge is -2.21. The van der Waals surface area contributed by atoms with Gasteiger partial charge >= 0.3 is 0 Å². The van der Waals surface area contributed by atoms with Gasteiger partial charge in [-0.1, -0.05) is 34.1 Å². The Morgan fingerprint density at radius 3 is 2.57 bits per heavy atom. The molecule has 0 radical (unpaired) electrons. The van der Waals surface area contributed by atoms with Crippen LogP contribution in [0.2, 0.25) is 0 Å². The van der Waals surface area contributed by atoms with Gasteiger partial charge in [0.15, 0.2) is 0 Å². The zero-order chi connectivity index (χ0) is 15.2. The van der Waals surface area contributed by atoms with Gasteiger partial charge in [0.1, 0.15) is 0 Å². The third-order valence-corrected chi connectivity index (χ3v) is 6.68. The van der Waals surface area contributed by atoms with Crippen molar-refractivity contribution in [2.75, 3.05) is 10.8 Å². The molecule has 2 aromatic rings. The van der Waals surface area contributed by atoms with E-state index in [4.69, 9.17) is 0 Å². The van der Waals surface area contributed by atoms with Gasteiger partial charge in [-0.15, -0.1) is 0 Å². The van der Waals surface area contributed by atoms with Crippen molar-refractivity contribution >= 4 is 31.6 Å². The zero-order valence-corrected chi connectivity index (χ0v) is 14.3. The van der Waals surface area contributed by atoms with Gasteiger partial charge in [0, 0.05) is 11.0 Å². The molecular weight excluding hydrogens is 350 g/mol.